The van der Waals surface area contributed by atoms with Crippen molar-refractivity contribution in [1.29, 1.82) is 0 Å². The molecule has 166 valence electrons. The van der Waals surface area contributed by atoms with Gasteiger partial charge in [-0.25, -0.2) is 13.2 Å². The zero-order chi connectivity index (χ0) is 22.6. The van der Waals surface area contributed by atoms with Crippen molar-refractivity contribution in [3.63, 3.8) is 0 Å². The Bertz CT molecular complexity index is 1070. The Hall–Kier alpha value is -2.62. The molecule has 0 bridgehead atoms. The highest BCUT2D eigenvalue weighted by Crippen LogP contribution is 2.30. The summed E-state index contributed by atoms with van der Waals surface area (Å²) < 4.78 is 37.1. The molecule has 3 rings (SSSR count). The number of carbonyl (C=O) groups excluding carboxylic acids is 2. The largest absolute Gasteiger partial charge is 0.495 e. The number of benzene rings is 2. The Morgan fingerprint density at radius 3 is 2.45 bits per heavy atom. The predicted molar refractivity (Wildman–Crippen MR) is 116 cm³/mol. The summed E-state index contributed by atoms with van der Waals surface area (Å²) in [7, 11) is -1.06. The molecule has 8 nitrogen and oxygen atoms in total. The van der Waals surface area contributed by atoms with E-state index < -0.39 is 21.9 Å². The summed E-state index contributed by atoms with van der Waals surface area (Å²) in [6, 6.07) is 10.6. The van der Waals surface area contributed by atoms with Crippen LogP contribution in [0.15, 0.2) is 47.4 Å². The number of piperidine rings is 1. The third kappa shape index (κ3) is 5.17. The second-order valence-electron chi connectivity index (χ2n) is 7.06. The number of nitrogens with one attached hydrogen (secondary N) is 1. The average Bonchev–Trinajstić information content (AvgIpc) is 2.79. The van der Waals surface area contributed by atoms with Crippen LogP contribution in [-0.4, -0.2) is 51.9 Å². The fourth-order valence-corrected chi connectivity index (χ4v) is 5.26. The SMILES string of the molecule is COC(=O)c1ccc(NC(=O)C2CCCN(S(=O)(=O)c3ccc(OC)c(Cl)c3)C2)cc1. The molecule has 1 fully saturated rings. The van der Waals surface area contributed by atoms with Crippen LogP contribution in [0.4, 0.5) is 5.69 Å². The molecule has 31 heavy (non-hydrogen) atoms. The van der Waals surface area contributed by atoms with E-state index in [0.717, 1.165) is 0 Å². The number of halogens is 1. The lowest BCUT2D eigenvalue weighted by Gasteiger charge is -2.31. The molecule has 0 saturated carbocycles. The number of hydrogen-bond donors (Lipinski definition) is 1. The lowest BCUT2D eigenvalue weighted by molar-refractivity contribution is -0.120. The van der Waals surface area contributed by atoms with Gasteiger partial charge in [0.1, 0.15) is 5.75 Å². The normalized spacial score (nSPS) is 17.1. The number of ether oxygens (including phenoxy) is 2. The number of nitrogens with zero attached hydrogens (tertiary/aromatic N) is 1. The van der Waals surface area contributed by atoms with Crippen LogP contribution in [0.1, 0.15) is 23.2 Å². The van der Waals surface area contributed by atoms with Gasteiger partial charge in [-0.15, -0.1) is 0 Å². The molecule has 2 aromatic carbocycles. The van der Waals surface area contributed by atoms with Gasteiger partial charge in [0.05, 0.1) is 35.6 Å². The highest BCUT2D eigenvalue weighted by molar-refractivity contribution is 7.89. The summed E-state index contributed by atoms with van der Waals surface area (Å²) in [4.78, 5) is 24.3. The first-order chi connectivity index (χ1) is 14.8. The van der Waals surface area contributed by atoms with E-state index in [4.69, 9.17) is 16.3 Å². The van der Waals surface area contributed by atoms with Crippen LogP contribution in [0.25, 0.3) is 0 Å². The van der Waals surface area contributed by atoms with Gasteiger partial charge in [0.2, 0.25) is 15.9 Å². The highest BCUT2D eigenvalue weighted by Gasteiger charge is 2.33. The molecule has 0 spiro atoms. The first-order valence-corrected chi connectivity index (χ1v) is 11.4. The van der Waals surface area contributed by atoms with E-state index in [9.17, 15) is 18.0 Å². The molecule has 0 aliphatic carbocycles. The highest BCUT2D eigenvalue weighted by atomic mass is 35.5. The molecule has 2 aromatic rings. The number of sulfonamides is 1. The minimum absolute atomic E-state index is 0.0535. The average molecular weight is 467 g/mol. The van der Waals surface area contributed by atoms with Gasteiger partial charge in [0.25, 0.3) is 0 Å². The smallest absolute Gasteiger partial charge is 0.337 e. The van der Waals surface area contributed by atoms with E-state index in [1.807, 2.05) is 0 Å². The van der Waals surface area contributed by atoms with Crippen LogP contribution in [0.2, 0.25) is 5.02 Å². The van der Waals surface area contributed by atoms with Gasteiger partial charge in [-0.2, -0.15) is 4.31 Å². The minimum Gasteiger partial charge on any atom is -0.495 e. The second-order valence-corrected chi connectivity index (χ2v) is 9.40. The van der Waals surface area contributed by atoms with E-state index in [-0.39, 0.29) is 22.4 Å². The van der Waals surface area contributed by atoms with Gasteiger partial charge in [-0.1, -0.05) is 11.6 Å². The maximum atomic E-state index is 13.0. The van der Waals surface area contributed by atoms with Gasteiger partial charge in [0.15, 0.2) is 0 Å². The monoisotopic (exact) mass is 466 g/mol. The Balaban J connectivity index is 1.70. The van der Waals surface area contributed by atoms with E-state index in [1.165, 1.54) is 36.7 Å². The molecule has 1 unspecified atom stereocenters. The second kappa shape index (κ2) is 9.67. The summed E-state index contributed by atoms with van der Waals surface area (Å²) in [5.41, 5.74) is 0.883. The molecule has 1 saturated heterocycles. The summed E-state index contributed by atoms with van der Waals surface area (Å²) in [6.45, 7) is 0.391. The Morgan fingerprint density at radius 2 is 1.84 bits per heavy atom. The van der Waals surface area contributed by atoms with E-state index >= 15 is 0 Å². The fraction of sp³-hybridized carbons (Fsp3) is 0.333. The molecular weight excluding hydrogens is 444 g/mol. The van der Waals surface area contributed by atoms with Gasteiger partial charge in [-0.05, 0) is 55.3 Å². The zero-order valence-electron chi connectivity index (χ0n) is 17.1. The predicted octanol–water partition coefficient (Wildman–Crippen LogP) is 3.17. The molecule has 1 aliphatic rings. The number of anilines is 1. The standard InChI is InChI=1S/C21H23ClN2O6S/c1-29-19-10-9-17(12-18(19)22)31(27,28)24-11-3-4-15(13-24)20(25)23-16-7-5-14(6-8-16)21(26)30-2/h5-10,12,15H,3-4,11,13H2,1-2H3,(H,23,25). The molecule has 1 atom stereocenters. The van der Waals surface area contributed by atoms with Gasteiger partial charge < -0.3 is 14.8 Å². The van der Waals surface area contributed by atoms with E-state index in [2.05, 4.69) is 10.1 Å². The van der Waals surface area contributed by atoms with E-state index in [1.54, 1.807) is 24.3 Å². The first-order valence-electron chi connectivity index (χ1n) is 9.59. The van der Waals surface area contributed by atoms with Gasteiger partial charge in [-0.3, -0.25) is 4.79 Å². The van der Waals surface area contributed by atoms with Crippen molar-refractivity contribution in [2.75, 3.05) is 32.6 Å². The van der Waals surface area contributed by atoms with Crippen LogP contribution in [0, 0.1) is 5.92 Å². The summed E-state index contributed by atoms with van der Waals surface area (Å²) in [5, 5.41) is 2.98. The third-order valence-electron chi connectivity index (χ3n) is 5.09. The molecule has 1 heterocycles. The van der Waals surface area contributed by atoms with Crippen molar-refractivity contribution in [1.82, 2.24) is 4.31 Å². The number of carbonyl (C=O) groups is 2. The lowest BCUT2D eigenvalue weighted by atomic mass is 9.98. The summed E-state index contributed by atoms with van der Waals surface area (Å²) in [5.74, 6) is -0.865. The quantitative estimate of drug-likeness (QED) is 0.656. The van der Waals surface area contributed by atoms with Crippen molar-refractivity contribution in [2.24, 2.45) is 5.92 Å². The van der Waals surface area contributed by atoms with Gasteiger partial charge >= 0.3 is 5.97 Å². The van der Waals surface area contributed by atoms with E-state index in [0.29, 0.717) is 36.4 Å². The van der Waals surface area contributed by atoms with Crippen LogP contribution >= 0.6 is 11.6 Å². The van der Waals surface area contributed by atoms with Crippen molar-refractivity contribution in [3.05, 3.63) is 53.1 Å². The van der Waals surface area contributed by atoms with Crippen LogP contribution in [0.3, 0.4) is 0 Å². The molecule has 0 radical (unpaired) electrons. The molecular formula is C21H23ClN2O6S. The lowest BCUT2D eigenvalue weighted by Crippen LogP contribution is -2.43. The topological polar surface area (TPSA) is 102 Å². The first kappa shape index (κ1) is 23.1. The summed E-state index contributed by atoms with van der Waals surface area (Å²) >= 11 is 6.08. The molecule has 1 amide bonds. The van der Waals surface area contributed by atoms with Crippen LogP contribution in [-0.2, 0) is 19.6 Å². The fourth-order valence-electron chi connectivity index (χ4n) is 3.38. The zero-order valence-corrected chi connectivity index (χ0v) is 18.7. The molecule has 1 aliphatic heterocycles. The minimum atomic E-state index is -3.80. The van der Waals surface area contributed by atoms with Crippen LogP contribution < -0.4 is 10.1 Å². The molecule has 0 aromatic heterocycles. The maximum absolute atomic E-state index is 13.0. The Morgan fingerprint density at radius 1 is 1.13 bits per heavy atom. The Labute approximate surface area is 186 Å². The van der Waals surface area contributed by atoms with Crippen molar-refractivity contribution >= 4 is 39.2 Å². The van der Waals surface area contributed by atoms with Crippen molar-refractivity contribution in [3.8, 4) is 5.75 Å². The number of esters is 1. The number of rotatable bonds is 6. The van der Waals surface area contributed by atoms with Crippen LogP contribution in [0.5, 0.6) is 5.75 Å². The van der Waals surface area contributed by atoms with Gasteiger partial charge in [0, 0.05) is 18.8 Å². The molecule has 1 N–H and O–H groups in total. The van der Waals surface area contributed by atoms with Crippen molar-refractivity contribution < 1.29 is 27.5 Å². The summed E-state index contributed by atoms with van der Waals surface area (Å²) in [6.07, 6.45) is 1.13. The van der Waals surface area contributed by atoms with Crippen molar-refractivity contribution in [2.45, 2.75) is 17.7 Å². The number of methoxy groups -OCH3 is 2. The third-order valence-corrected chi connectivity index (χ3v) is 7.25. The number of amides is 1. The maximum Gasteiger partial charge on any atom is 0.337 e. The molecule has 10 heteroatoms. The Kier molecular flexibility index (Phi) is 7.19. The number of hydrogen-bond acceptors (Lipinski definition) is 6.